The summed E-state index contributed by atoms with van der Waals surface area (Å²) < 4.78 is 11.3. The Morgan fingerprint density at radius 1 is 1.08 bits per heavy atom. The molecule has 1 N–H and O–H groups in total. The largest absolute Gasteiger partial charge is 0.491 e. The highest BCUT2D eigenvalue weighted by atomic mass is 16.6. The van der Waals surface area contributed by atoms with E-state index in [0.717, 1.165) is 41.7 Å². The van der Waals surface area contributed by atoms with Gasteiger partial charge in [0, 0.05) is 0 Å². The molecule has 1 amide bonds. The Hall–Kier alpha value is -3.61. The summed E-state index contributed by atoms with van der Waals surface area (Å²) in [6.45, 7) is 8.19. The third kappa shape index (κ3) is 4.74. The summed E-state index contributed by atoms with van der Waals surface area (Å²) >= 11 is 0. The molecule has 7 nitrogen and oxygen atoms in total. The average molecular weight is 487 g/mol. The molecular formula is C29H34N4O3. The van der Waals surface area contributed by atoms with Crippen LogP contribution in [-0.2, 0) is 15.0 Å². The molecule has 0 radical (unpaired) electrons. The van der Waals surface area contributed by atoms with Gasteiger partial charge in [0.25, 0.3) is 0 Å². The fourth-order valence-corrected chi connectivity index (χ4v) is 5.07. The first-order chi connectivity index (χ1) is 17.3. The van der Waals surface area contributed by atoms with E-state index in [1.54, 1.807) is 6.21 Å². The Balaban J connectivity index is 1.42. The SMILES string of the molecule is CCOC1=CN2C(=NC(c3ccc(C4(NC(=O)OC(C)(C)C)CCC4)cc3)C2c2ccccc2)N=C1. The molecule has 2 aromatic rings. The average Bonchev–Trinajstić information content (AvgIpc) is 3.20. The normalized spacial score (nSPS) is 22.2. The Morgan fingerprint density at radius 3 is 2.42 bits per heavy atom. The molecule has 0 bridgehead atoms. The molecule has 2 unspecified atom stereocenters. The van der Waals surface area contributed by atoms with Crippen LogP contribution in [0.4, 0.5) is 4.79 Å². The first kappa shape index (κ1) is 24.1. The van der Waals surface area contributed by atoms with Gasteiger partial charge in [-0.2, -0.15) is 0 Å². The van der Waals surface area contributed by atoms with Gasteiger partial charge in [-0.1, -0.05) is 54.6 Å². The van der Waals surface area contributed by atoms with Crippen molar-refractivity contribution < 1.29 is 14.3 Å². The van der Waals surface area contributed by atoms with Crippen molar-refractivity contribution in [3.63, 3.8) is 0 Å². The zero-order valence-corrected chi connectivity index (χ0v) is 21.4. The van der Waals surface area contributed by atoms with Crippen molar-refractivity contribution in [1.29, 1.82) is 0 Å². The number of benzene rings is 2. The van der Waals surface area contributed by atoms with Crippen LogP contribution in [0.3, 0.4) is 0 Å². The lowest BCUT2D eigenvalue weighted by atomic mass is 9.71. The maximum atomic E-state index is 12.5. The molecule has 2 atom stereocenters. The number of fused-ring (bicyclic) bond motifs is 1. The predicted octanol–water partition coefficient (Wildman–Crippen LogP) is 6.01. The van der Waals surface area contributed by atoms with E-state index in [0.29, 0.717) is 12.6 Å². The summed E-state index contributed by atoms with van der Waals surface area (Å²) in [5, 5.41) is 3.15. The minimum absolute atomic E-state index is 0.0301. The zero-order chi connectivity index (χ0) is 25.3. The van der Waals surface area contributed by atoms with Crippen LogP contribution in [0.25, 0.3) is 0 Å². The van der Waals surface area contributed by atoms with Crippen LogP contribution in [0.15, 0.2) is 76.5 Å². The van der Waals surface area contributed by atoms with Gasteiger partial charge in [0.15, 0.2) is 5.76 Å². The predicted molar refractivity (Wildman–Crippen MR) is 141 cm³/mol. The molecule has 1 fully saturated rings. The third-order valence-corrected chi connectivity index (χ3v) is 6.86. The van der Waals surface area contributed by atoms with E-state index in [9.17, 15) is 4.79 Å². The molecule has 7 heteroatoms. The molecule has 2 aliphatic heterocycles. The highest BCUT2D eigenvalue weighted by Gasteiger charge is 2.42. The highest BCUT2D eigenvalue weighted by molar-refractivity contribution is 5.97. The highest BCUT2D eigenvalue weighted by Crippen LogP contribution is 2.45. The monoisotopic (exact) mass is 486 g/mol. The van der Waals surface area contributed by atoms with Crippen LogP contribution >= 0.6 is 0 Å². The van der Waals surface area contributed by atoms with Gasteiger partial charge in [-0.15, -0.1) is 0 Å². The van der Waals surface area contributed by atoms with Crippen LogP contribution < -0.4 is 5.32 Å². The van der Waals surface area contributed by atoms with E-state index in [1.165, 1.54) is 0 Å². The van der Waals surface area contributed by atoms with Crippen LogP contribution in [0, 0.1) is 0 Å². The van der Waals surface area contributed by atoms with Crippen molar-refractivity contribution in [3.05, 3.63) is 83.2 Å². The van der Waals surface area contributed by atoms with E-state index < -0.39 is 5.60 Å². The van der Waals surface area contributed by atoms with E-state index in [4.69, 9.17) is 14.5 Å². The smallest absolute Gasteiger partial charge is 0.408 e. The standard InChI is InChI=1S/C29H34N4O3/c1-5-35-23-18-30-26-31-24(25(33(26)19-23)21-10-7-6-8-11-21)20-12-14-22(15-13-20)29(16-9-17-29)32-27(34)36-28(2,3)4/h6-8,10-15,18-19,24-25H,5,9,16-17H2,1-4H3,(H,32,34). The van der Waals surface area contributed by atoms with Gasteiger partial charge >= 0.3 is 6.09 Å². The Labute approximate surface area is 212 Å². The quantitative estimate of drug-likeness (QED) is 0.543. The number of rotatable bonds is 6. The molecule has 0 aromatic heterocycles. The molecule has 2 heterocycles. The number of nitrogens with one attached hydrogen (secondary N) is 1. The van der Waals surface area contributed by atoms with Gasteiger partial charge < -0.3 is 19.7 Å². The topological polar surface area (TPSA) is 75.5 Å². The lowest BCUT2D eigenvalue weighted by Gasteiger charge is -2.43. The number of nitrogens with zero attached hydrogens (tertiary/aromatic N) is 3. The van der Waals surface area contributed by atoms with E-state index in [2.05, 4.69) is 63.7 Å². The zero-order valence-electron chi connectivity index (χ0n) is 21.4. The fraction of sp³-hybridized carbons (Fsp3) is 0.414. The molecule has 0 spiro atoms. The van der Waals surface area contributed by atoms with Crippen molar-refractivity contribution >= 4 is 18.3 Å². The number of hydrogen-bond donors (Lipinski definition) is 1. The first-order valence-corrected chi connectivity index (χ1v) is 12.7. The van der Waals surface area contributed by atoms with E-state index >= 15 is 0 Å². The number of alkyl carbamates (subject to hydrolysis) is 1. The van der Waals surface area contributed by atoms with E-state index in [1.807, 2.05) is 40.0 Å². The summed E-state index contributed by atoms with van der Waals surface area (Å²) in [5.41, 5.74) is 2.45. The van der Waals surface area contributed by atoms with Gasteiger partial charge in [0.05, 0.1) is 30.6 Å². The van der Waals surface area contributed by atoms with Gasteiger partial charge in [0.1, 0.15) is 11.6 Å². The Bertz CT molecular complexity index is 1190. The second-order valence-electron chi connectivity index (χ2n) is 10.5. The number of carbonyl (C=O) groups is 1. The minimum Gasteiger partial charge on any atom is -0.491 e. The summed E-state index contributed by atoms with van der Waals surface area (Å²) in [6, 6.07) is 18.7. The van der Waals surface area contributed by atoms with Gasteiger partial charge in [-0.25, -0.2) is 14.8 Å². The van der Waals surface area contributed by atoms with Crippen molar-refractivity contribution in [2.75, 3.05) is 6.61 Å². The number of amides is 1. The molecule has 0 saturated heterocycles. The number of guanidine groups is 1. The molecule has 5 rings (SSSR count). The third-order valence-electron chi connectivity index (χ3n) is 6.86. The van der Waals surface area contributed by atoms with Crippen LogP contribution in [0.5, 0.6) is 0 Å². The Kier molecular flexibility index (Phi) is 6.33. The van der Waals surface area contributed by atoms with Crippen molar-refractivity contribution in [2.45, 2.75) is 70.2 Å². The van der Waals surface area contributed by atoms with E-state index in [-0.39, 0.29) is 23.7 Å². The second-order valence-corrected chi connectivity index (χ2v) is 10.5. The maximum absolute atomic E-state index is 12.5. The number of aliphatic imine (C=N–C) groups is 2. The summed E-state index contributed by atoms with van der Waals surface area (Å²) in [7, 11) is 0. The number of allylic oxidation sites excluding steroid dienone is 1. The lowest BCUT2D eigenvalue weighted by molar-refractivity contribution is 0.0377. The van der Waals surface area contributed by atoms with Crippen molar-refractivity contribution in [1.82, 2.24) is 10.2 Å². The molecule has 36 heavy (non-hydrogen) atoms. The van der Waals surface area contributed by atoms with Crippen molar-refractivity contribution in [2.24, 2.45) is 9.98 Å². The number of ether oxygens (including phenoxy) is 2. The summed E-state index contributed by atoms with van der Waals surface area (Å²) in [6.07, 6.45) is 6.23. The molecule has 3 aliphatic rings. The van der Waals surface area contributed by atoms with Crippen LogP contribution in [-0.4, -0.2) is 35.4 Å². The molecule has 1 aliphatic carbocycles. The first-order valence-electron chi connectivity index (χ1n) is 12.7. The summed E-state index contributed by atoms with van der Waals surface area (Å²) in [5.74, 6) is 1.41. The summed E-state index contributed by atoms with van der Waals surface area (Å²) in [4.78, 5) is 24.2. The number of hydrogen-bond acceptors (Lipinski definition) is 6. The van der Waals surface area contributed by atoms with Gasteiger partial charge in [0.2, 0.25) is 5.96 Å². The minimum atomic E-state index is -0.530. The van der Waals surface area contributed by atoms with Crippen molar-refractivity contribution in [3.8, 4) is 0 Å². The maximum Gasteiger partial charge on any atom is 0.408 e. The number of carbonyl (C=O) groups excluding carboxylic acids is 1. The molecule has 2 aromatic carbocycles. The lowest BCUT2D eigenvalue weighted by Crippen LogP contribution is -2.52. The fourth-order valence-electron chi connectivity index (χ4n) is 5.07. The second kappa shape index (κ2) is 9.45. The van der Waals surface area contributed by atoms with Crippen LogP contribution in [0.1, 0.15) is 75.7 Å². The van der Waals surface area contributed by atoms with Gasteiger partial charge in [-0.05, 0) is 63.6 Å². The molecular weight excluding hydrogens is 452 g/mol. The van der Waals surface area contributed by atoms with Crippen LogP contribution in [0.2, 0.25) is 0 Å². The Morgan fingerprint density at radius 2 is 1.81 bits per heavy atom. The molecule has 1 saturated carbocycles. The molecule has 188 valence electrons. The van der Waals surface area contributed by atoms with Gasteiger partial charge in [-0.3, -0.25) is 0 Å².